The van der Waals surface area contributed by atoms with Crippen LogP contribution in [-0.4, -0.2) is 26.2 Å². The molecule has 0 bridgehead atoms. The Kier molecular flexibility index (Phi) is 4.28. The fraction of sp³-hybridized carbons (Fsp3) is 0.571. The Morgan fingerprint density at radius 2 is 1.89 bits per heavy atom. The maximum atomic E-state index is 12.0. The molecule has 1 aromatic carbocycles. The van der Waals surface area contributed by atoms with Gasteiger partial charge in [0.05, 0.1) is 17.6 Å². The molecule has 0 radical (unpaired) electrons. The molecule has 1 aromatic rings. The number of rotatable bonds is 4. The molecular weight excluding hydrogens is 264 g/mol. The van der Waals surface area contributed by atoms with E-state index in [4.69, 9.17) is 4.18 Å². The maximum Gasteiger partial charge on any atom is 0.296 e. The average molecular weight is 284 g/mol. The van der Waals surface area contributed by atoms with E-state index in [2.05, 4.69) is 0 Å². The summed E-state index contributed by atoms with van der Waals surface area (Å²) in [7, 11) is -3.72. The molecule has 1 saturated carbocycles. The smallest absolute Gasteiger partial charge is 0.296 e. The highest BCUT2D eigenvalue weighted by Gasteiger charge is 2.33. The summed E-state index contributed by atoms with van der Waals surface area (Å²) >= 11 is 0. The van der Waals surface area contributed by atoms with E-state index in [0.717, 1.165) is 18.4 Å². The number of benzene rings is 1. The van der Waals surface area contributed by atoms with E-state index in [9.17, 15) is 13.5 Å². The van der Waals surface area contributed by atoms with Crippen molar-refractivity contribution in [2.75, 3.05) is 6.61 Å². The first-order valence-electron chi connectivity index (χ1n) is 6.54. The van der Waals surface area contributed by atoms with Gasteiger partial charge in [-0.05, 0) is 37.8 Å². The molecule has 1 aliphatic rings. The third-order valence-electron chi connectivity index (χ3n) is 3.87. The van der Waals surface area contributed by atoms with E-state index in [-0.39, 0.29) is 17.4 Å². The Bertz CT molecular complexity index is 511. The second kappa shape index (κ2) is 5.61. The fourth-order valence-corrected chi connectivity index (χ4v) is 3.40. The van der Waals surface area contributed by atoms with Crippen LogP contribution < -0.4 is 0 Å². The van der Waals surface area contributed by atoms with Crippen LogP contribution in [0.5, 0.6) is 0 Å². The van der Waals surface area contributed by atoms with Crippen molar-refractivity contribution in [2.45, 2.75) is 37.7 Å². The van der Waals surface area contributed by atoms with Crippen molar-refractivity contribution in [3.05, 3.63) is 29.8 Å². The van der Waals surface area contributed by atoms with Crippen molar-refractivity contribution in [3.63, 3.8) is 0 Å². The van der Waals surface area contributed by atoms with Gasteiger partial charge in [-0.25, -0.2) is 0 Å². The summed E-state index contributed by atoms with van der Waals surface area (Å²) in [5, 5.41) is 9.79. The quantitative estimate of drug-likeness (QED) is 0.860. The highest BCUT2D eigenvalue weighted by Crippen LogP contribution is 2.32. The molecule has 106 valence electrons. The lowest BCUT2D eigenvalue weighted by Gasteiger charge is -2.18. The summed E-state index contributed by atoms with van der Waals surface area (Å²) in [6, 6.07) is 6.56. The Balaban J connectivity index is 2.04. The van der Waals surface area contributed by atoms with Gasteiger partial charge in [0.25, 0.3) is 10.1 Å². The molecule has 0 aliphatic heterocycles. The van der Waals surface area contributed by atoms with Gasteiger partial charge in [-0.1, -0.05) is 24.6 Å². The van der Waals surface area contributed by atoms with Crippen LogP contribution in [0.25, 0.3) is 0 Å². The lowest BCUT2D eigenvalue weighted by atomic mass is 9.98. The van der Waals surface area contributed by atoms with E-state index in [0.29, 0.717) is 5.92 Å². The second-order valence-electron chi connectivity index (χ2n) is 5.34. The zero-order chi connectivity index (χ0) is 14.0. The van der Waals surface area contributed by atoms with Crippen LogP contribution in [0.4, 0.5) is 0 Å². The van der Waals surface area contributed by atoms with E-state index < -0.39 is 16.2 Å². The minimum Gasteiger partial charge on any atom is -0.393 e. The minimum atomic E-state index is -3.72. The summed E-state index contributed by atoms with van der Waals surface area (Å²) < 4.78 is 29.1. The minimum absolute atomic E-state index is 0.0541. The number of hydrogen-bond acceptors (Lipinski definition) is 4. The zero-order valence-electron chi connectivity index (χ0n) is 11.2. The molecule has 0 unspecified atom stereocenters. The molecular formula is C14H20O4S. The summed E-state index contributed by atoms with van der Waals surface area (Å²) in [4.78, 5) is 0.165. The van der Waals surface area contributed by atoms with E-state index in [1.165, 1.54) is 0 Å². The predicted molar refractivity (Wildman–Crippen MR) is 72.2 cm³/mol. The van der Waals surface area contributed by atoms with Gasteiger partial charge in [0.1, 0.15) is 0 Å². The Labute approximate surface area is 114 Å². The molecule has 1 aliphatic carbocycles. The molecule has 0 aromatic heterocycles. The number of aliphatic hydroxyl groups excluding tert-OH is 1. The van der Waals surface area contributed by atoms with Gasteiger partial charge in [0.2, 0.25) is 0 Å². The largest absolute Gasteiger partial charge is 0.393 e. The lowest BCUT2D eigenvalue weighted by molar-refractivity contribution is 0.0858. The molecule has 0 heterocycles. The lowest BCUT2D eigenvalue weighted by Crippen LogP contribution is -2.25. The molecule has 3 atom stereocenters. The normalized spacial score (nSPS) is 27.6. The van der Waals surface area contributed by atoms with Crippen molar-refractivity contribution in [2.24, 2.45) is 11.8 Å². The van der Waals surface area contributed by atoms with Gasteiger partial charge < -0.3 is 5.11 Å². The molecule has 0 amide bonds. The average Bonchev–Trinajstić information content (AvgIpc) is 2.67. The zero-order valence-corrected chi connectivity index (χ0v) is 12.1. The molecule has 2 rings (SSSR count). The van der Waals surface area contributed by atoms with Gasteiger partial charge in [-0.3, -0.25) is 4.18 Å². The van der Waals surface area contributed by atoms with Crippen LogP contribution in [0.3, 0.4) is 0 Å². The van der Waals surface area contributed by atoms with E-state index in [1.54, 1.807) is 24.3 Å². The predicted octanol–water partition coefficient (Wildman–Crippen LogP) is 2.11. The highest BCUT2D eigenvalue weighted by atomic mass is 32.2. The maximum absolute atomic E-state index is 12.0. The monoisotopic (exact) mass is 284 g/mol. The molecule has 0 saturated heterocycles. The van der Waals surface area contributed by atoms with E-state index in [1.807, 2.05) is 13.8 Å². The van der Waals surface area contributed by atoms with Crippen molar-refractivity contribution < 1.29 is 17.7 Å². The Morgan fingerprint density at radius 1 is 1.26 bits per heavy atom. The first-order valence-corrected chi connectivity index (χ1v) is 7.95. The standard InChI is InChI=1S/C14H20O4S/c1-10-3-6-12(7-4-10)19(16,17)18-9-13-11(2)5-8-14(13)15/h3-4,6-7,11,13-15H,5,8-9H2,1-2H3/t11-,13-,14+/m1/s1. The van der Waals surface area contributed by atoms with Gasteiger partial charge in [0, 0.05) is 5.92 Å². The summed E-state index contributed by atoms with van der Waals surface area (Å²) in [6.07, 6.45) is 1.18. The topological polar surface area (TPSA) is 63.6 Å². The van der Waals surface area contributed by atoms with Crippen LogP contribution in [0.2, 0.25) is 0 Å². The number of aryl methyl sites for hydroxylation is 1. The first kappa shape index (κ1) is 14.5. The third-order valence-corrected chi connectivity index (χ3v) is 5.16. The summed E-state index contributed by atoms with van der Waals surface area (Å²) in [5.41, 5.74) is 0.999. The van der Waals surface area contributed by atoms with Crippen LogP contribution >= 0.6 is 0 Å². The highest BCUT2D eigenvalue weighted by molar-refractivity contribution is 7.86. The number of aliphatic hydroxyl groups is 1. The van der Waals surface area contributed by atoms with Crippen molar-refractivity contribution in [3.8, 4) is 0 Å². The fourth-order valence-electron chi connectivity index (χ4n) is 2.46. The van der Waals surface area contributed by atoms with Crippen LogP contribution in [-0.2, 0) is 14.3 Å². The van der Waals surface area contributed by atoms with Crippen molar-refractivity contribution >= 4 is 10.1 Å². The molecule has 4 nitrogen and oxygen atoms in total. The van der Waals surface area contributed by atoms with Crippen molar-refractivity contribution in [1.29, 1.82) is 0 Å². The molecule has 0 spiro atoms. The molecule has 1 N–H and O–H groups in total. The van der Waals surface area contributed by atoms with Crippen molar-refractivity contribution in [1.82, 2.24) is 0 Å². The number of hydrogen-bond donors (Lipinski definition) is 1. The van der Waals surface area contributed by atoms with Gasteiger partial charge >= 0.3 is 0 Å². The van der Waals surface area contributed by atoms with Gasteiger partial charge in [-0.2, -0.15) is 8.42 Å². The van der Waals surface area contributed by atoms with E-state index >= 15 is 0 Å². The second-order valence-corrected chi connectivity index (χ2v) is 6.95. The summed E-state index contributed by atoms with van der Waals surface area (Å²) in [6.45, 7) is 3.97. The molecule has 5 heteroatoms. The third kappa shape index (κ3) is 3.35. The van der Waals surface area contributed by atoms with Gasteiger partial charge in [-0.15, -0.1) is 0 Å². The first-order chi connectivity index (χ1) is 8.90. The summed E-state index contributed by atoms with van der Waals surface area (Å²) in [5.74, 6) is 0.198. The SMILES string of the molecule is Cc1ccc(S(=O)(=O)OC[C@@H]2[C@H](C)CC[C@@H]2O)cc1. The van der Waals surface area contributed by atoms with Crippen LogP contribution in [0, 0.1) is 18.8 Å². The molecule has 19 heavy (non-hydrogen) atoms. The van der Waals surface area contributed by atoms with Crippen LogP contribution in [0.1, 0.15) is 25.3 Å². The Hall–Kier alpha value is -0.910. The van der Waals surface area contributed by atoms with Crippen LogP contribution in [0.15, 0.2) is 29.2 Å². The van der Waals surface area contributed by atoms with Gasteiger partial charge in [0.15, 0.2) is 0 Å². The molecule has 1 fully saturated rings. The Morgan fingerprint density at radius 3 is 2.42 bits per heavy atom.